The van der Waals surface area contributed by atoms with E-state index in [1.807, 2.05) is 29.3 Å². The van der Waals surface area contributed by atoms with Crippen molar-refractivity contribution in [1.29, 1.82) is 0 Å². The Morgan fingerprint density at radius 2 is 1.89 bits per heavy atom. The number of thioether (sulfide) groups is 1. The maximum Gasteiger partial charge on any atom is 0.278 e. The Balaban J connectivity index is 1.61. The second-order valence-electron chi connectivity index (χ2n) is 10.3. The summed E-state index contributed by atoms with van der Waals surface area (Å²) in [6, 6.07) is 11.2. The molecule has 1 N–H and O–H groups in total. The molecule has 0 saturated carbocycles. The van der Waals surface area contributed by atoms with Crippen molar-refractivity contribution in [1.82, 2.24) is 9.58 Å². The molecule has 0 radical (unpaired) electrons. The Kier molecular flexibility index (Phi) is 6.42. The summed E-state index contributed by atoms with van der Waals surface area (Å²) >= 11 is 1.45. The number of carbonyl (C=O) groups excluding carboxylic acids is 1. The van der Waals surface area contributed by atoms with Gasteiger partial charge >= 0.3 is 0 Å². The fourth-order valence-corrected chi connectivity index (χ4v) is 7.31. The largest absolute Gasteiger partial charge is 0.502 e. The third-order valence-electron chi connectivity index (χ3n) is 8.10. The molecule has 0 spiro atoms. The Morgan fingerprint density at radius 3 is 2.71 bits per heavy atom. The first kappa shape index (κ1) is 25.0. The van der Waals surface area contributed by atoms with Gasteiger partial charge in [-0.25, -0.2) is 8.78 Å². The van der Waals surface area contributed by atoms with Crippen molar-refractivity contribution in [2.45, 2.75) is 61.9 Å². The number of benzene rings is 2. The van der Waals surface area contributed by atoms with Crippen LogP contribution in [0, 0.1) is 17.6 Å². The van der Waals surface area contributed by atoms with E-state index in [1.165, 1.54) is 24.0 Å². The smallest absolute Gasteiger partial charge is 0.278 e. The molecule has 1 fully saturated rings. The lowest BCUT2D eigenvalue weighted by molar-refractivity contribution is 0.0367. The molecule has 3 aliphatic rings. The van der Waals surface area contributed by atoms with Gasteiger partial charge in [0.15, 0.2) is 23.1 Å². The SMILES string of the molecule is CCCCC1CCN2C(=O)c3c(O)c(=O)ccn3N([C@@H]3c4ccccc4SCc4c3ccc(F)c4F)C2C1. The van der Waals surface area contributed by atoms with E-state index in [-0.39, 0.29) is 17.0 Å². The first-order valence-electron chi connectivity index (χ1n) is 13.1. The van der Waals surface area contributed by atoms with Gasteiger partial charge in [0.1, 0.15) is 6.17 Å². The molecule has 6 nitrogen and oxygen atoms in total. The van der Waals surface area contributed by atoms with Gasteiger partial charge in [0, 0.05) is 35.0 Å². The number of unbranched alkanes of at least 4 members (excludes halogenated alkanes) is 1. The number of rotatable bonds is 4. The number of piperidine rings is 1. The van der Waals surface area contributed by atoms with Gasteiger partial charge in [-0.15, -0.1) is 11.8 Å². The van der Waals surface area contributed by atoms with Crippen molar-refractivity contribution in [3.05, 3.63) is 92.9 Å². The van der Waals surface area contributed by atoms with E-state index in [2.05, 4.69) is 6.92 Å². The summed E-state index contributed by atoms with van der Waals surface area (Å²) in [5.41, 5.74) is 1.06. The molecule has 198 valence electrons. The van der Waals surface area contributed by atoms with Gasteiger partial charge in [0.05, 0.1) is 6.04 Å². The average Bonchev–Trinajstić information content (AvgIpc) is 3.09. The third-order valence-corrected chi connectivity index (χ3v) is 9.21. The summed E-state index contributed by atoms with van der Waals surface area (Å²) in [5, 5.41) is 12.8. The number of carbonyl (C=O) groups is 1. The number of aromatic nitrogens is 1. The summed E-state index contributed by atoms with van der Waals surface area (Å²) < 4.78 is 31.3. The predicted octanol–water partition coefficient (Wildman–Crippen LogP) is 5.55. The molecule has 9 heteroatoms. The van der Waals surface area contributed by atoms with Crippen LogP contribution in [0.25, 0.3) is 0 Å². The first-order chi connectivity index (χ1) is 18.4. The Hall–Kier alpha value is -3.33. The molecule has 1 saturated heterocycles. The maximum absolute atomic E-state index is 15.3. The molecule has 3 aromatic rings. The van der Waals surface area contributed by atoms with Crippen molar-refractivity contribution >= 4 is 17.7 Å². The van der Waals surface area contributed by atoms with Crippen LogP contribution in [0.3, 0.4) is 0 Å². The zero-order valence-corrected chi connectivity index (χ0v) is 21.9. The minimum atomic E-state index is -0.900. The lowest BCUT2D eigenvalue weighted by Gasteiger charge is -2.53. The Morgan fingerprint density at radius 1 is 1.08 bits per heavy atom. The van der Waals surface area contributed by atoms with E-state index in [0.29, 0.717) is 24.4 Å². The summed E-state index contributed by atoms with van der Waals surface area (Å²) in [6.45, 7) is 2.65. The number of hydrogen-bond acceptors (Lipinski definition) is 5. The van der Waals surface area contributed by atoms with E-state index >= 15 is 4.39 Å². The zero-order valence-electron chi connectivity index (χ0n) is 21.1. The predicted molar refractivity (Wildman–Crippen MR) is 142 cm³/mol. The first-order valence-corrected chi connectivity index (χ1v) is 14.1. The normalized spacial score (nSPS) is 22.3. The number of hydrogen-bond donors (Lipinski definition) is 1. The van der Waals surface area contributed by atoms with Crippen LogP contribution in [0.1, 0.15) is 72.2 Å². The minimum Gasteiger partial charge on any atom is -0.502 e. The van der Waals surface area contributed by atoms with Crippen molar-refractivity contribution in [2.24, 2.45) is 5.92 Å². The summed E-state index contributed by atoms with van der Waals surface area (Å²) in [5.74, 6) is -2.11. The summed E-state index contributed by atoms with van der Waals surface area (Å²) in [6.07, 6.45) is 5.86. The Labute approximate surface area is 223 Å². The lowest BCUT2D eigenvalue weighted by atomic mass is 9.87. The highest BCUT2D eigenvalue weighted by atomic mass is 32.2. The van der Waals surface area contributed by atoms with Gasteiger partial charge in [0.25, 0.3) is 5.91 Å². The molecule has 0 aliphatic carbocycles. The van der Waals surface area contributed by atoms with Crippen LogP contribution < -0.4 is 10.4 Å². The lowest BCUT2D eigenvalue weighted by Crippen LogP contribution is -2.64. The van der Waals surface area contributed by atoms with Crippen LogP contribution in [0.4, 0.5) is 8.78 Å². The highest BCUT2D eigenvalue weighted by molar-refractivity contribution is 7.98. The van der Waals surface area contributed by atoms with E-state index < -0.39 is 40.9 Å². The molecule has 2 unspecified atom stereocenters. The second kappa shape index (κ2) is 9.76. The molecular weight excluding hydrogens is 508 g/mol. The number of pyridine rings is 1. The van der Waals surface area contributed by atoms with Gasteiger partial charge in [-0.2, -0.15) is 0 Å². The second-order valence-corrected chi connectivity index (χ2v) is 11.3. The van der Waals surface area contributed by atoms with Gasteiger partial charge in [-0.1, -0.05) is 50.5 Å². The van der Waals surface area contributed by atoms with Crippen LogP contribution in [0.5, 0.6) is 5.75 Å². The highest BCUT2D eigenvalue weighted by Gasteiger charge is 2.47. The molecule has 1 amide bonds. The van der Waals surface area contributed by atoms with Crippen LogP contribution in [0.2, 0.25) is 0 Å². The topological polar surface area (TPSA) is 65.8 Å². The van der Waals surface area contributed by atoms with Crippen LogP contribution in [-0.2, 0) is 5.75 Å². The van der Waals surface area contributed by atoms with Gasteiger partial charge in [0.2, 0.25) is 5.43 Å². The highest BCUT2D eigenvalue weighted by Crippen LogP contribution is 2.46. The van der Waals surface area contributed by atoms with Gasteiger partial charge < -0.3 is 10.0 Å². The Bertz CT molecular complexity index is 1480. The van der Waals surface area contributed by atoms with Gasteiger partial charge in [-0.3, -0.25) is 19.3 Å². The van der Waals surface area contributed by atoms with Crippen LogP contribution in [0.15, 0.2) is 58.4 Å². The average molecular weight is 538 g/mol. The van der Waals surface area contributed by atoms with Crippen molar-refractivity contribution in [2.75, 3.05) is 11.6 Å². The monoisotopic (exact) mass is 537 g/mol. The van der Waals surface area contributed by atoms with E-state index in [1.54, 1.807) is 15.6 Å². The molecule has 6 rings (SSSR count). The fourth-order valence-electron chi connectivity index (χ4n) is 6.19. The number of amides is 1. The molecule has 3 atom stereocenters. The molecule has 38 heavy (non-hydrogen) atoms. The van der Waals surface area contributed by atoms with Gasteiger partial charge in [-0.05, 0) is 42.0 Å². The third kappa shape index (κ3) is 3.90. The summed E-state index contributed by atoms with van der Waals surface area (Å²) in [4.78, 5) is 28.8. The molecule has 4 heterocycles. The van der Waals surface area contributed by atoms with E-state index in [4.69, 9.17) is 0 Å². The standard InChI is InChI=1S/C29H29F2N3O3S/c1-2-3-6-17-11-13-32-24(15-17)34(33-14-12-22(35)28(36)27(33)29(32)37)26-18-9-10-21(30)25(31)20(18)16-38-23-8-5-4-7-19(23)26/h4-5,7-10,12,14,17,24,26,36H,2-3,6,11,13,15-16H2,1H3/t17?,24?,26-/m0/s1. The van der Waals surface area contributed by atoms with Crippen LogP contribution in [-0.4, -0.2) is 33.3 Å². The van der Waals surface area contributed by atoms with Crippen molar-refractivity contribution in [3.8, 4) is 5.75 Å². The fraction of sp³-hybridized carbons (Fsp3) is 0.379. The van der Waals surface area contributed by atoms with Crippen molar-refractivity contribution in [3.63, 3.8) is 0 Å². The number of aromatic hydroxyl groups is 1. The van der Waals surface area contributed by atoms with Crippen molar-refractivity contribution < 1.29 is 18.7 Å². The number of halogens is 2. The summed E-state index contributed by atoms with van der Waals surface area (Å²) in [7, 11) is 0. The van der Waals surface area contributed by atoms with Crippen LogP contribution >= 0.6 is 11.8 Å². The molecular formula is C29H29F2N3O3S. The van der Waals surface area contributed by atoms with E-state index in [0.717, 1.165) is 42.2 Å². The number of nitrogens with zero attached hydrogens (tertiary/aromatic N) is 3. The van der Waals surface area contributed by atoms with E-state index in [9.17, 15) is 19.1 Å². The minimum absolute atomic E-state index is 0.0979. The molecule has 2 aromatic carbocycles. The zero-order chi connectivity index (χ0) is 26.6. The molecule has 3 aliphatic heterocycles. The maximum atomic E-state index is 15.3. The molecule has 0 bridgehead atoms. The number of fused-ring (bicyclic) bond motifs is 4. The molecule has 1 aromatic heterocycles. The quantitative estimate of drug-likeness (QED) is 0.473.